The van der Waals surface area contributed by atoms with Crippen LogP contribution in [0.1, 0.15) is 12.0 Å². The average Bonchev–Trinajstić information content (AvgIpc) is 3.08. The molecule has 0 bridgehead atoms. The number of esters is 1. The van der Waals surface area contributed by atoms with Crippen LogP contribution in [0, 0.1) is 0 Å². The maximum absolute atomic E-state index is 12.8. The van der Waals surface area contributed by atoms with Crippen molar-refractivity contribution in [2.75, 3.05) is 26.1 Å². The first-order valence-electron chi connectivity index (χ1n) is 8.97. The number of nitrogens with zero attached hydrogens (tertiary/aromatic N) is 4. The van der Waals surface area contributed by atoms with Gasteiger partial charge in [-0.25, -0.2) is 4.79 Å². The van der Waals surface area contributed by atoms with Crippen molar-refractivity contribution in [1.29, 1.82) is 0 Å². The molecular weight excluding hydrogens is 378 g/mol. The Labute approximate surface area is 166 Å². The molecule has 154 valence electrons. The van der Waals surface area contributed by atoms with Crippen LogP contribution in [-0.4, -0.2) is 45.4 Å². The second-order valence-corrected chi connectivity index (χ2v) is 6.50. The molecule has 0 aliphatic rings. The molecule has 0 amide bonds. The molecule has 2 aromatic heterocycles. The van der Waals surface area contributed by atoms with Crippen LogP contribution in [0.5, 0.6) is 5.75 Å². The summed E-state index contributed by atoms with van der Waals surface area (Å²) in [5.74, 6) is 0.703. The molecule has 0 saturated carbocycles. The van der Waals surface area contributed by atoms with Crippen LogP contribution in [0.3, 0.4) is 0 Å². The molecule has 10 nitrogen and oxygen atoms in total. The second kappa shape index (κ2) is 8.21. The number of imidazole rings is 1. The van der Waals surface area contributed by atoms with Gasteiger partial charge >= 0.3 is 11.7 Å². The molecule has 0 aliphatic carbocycles. The lowest BCUT2D eigenvalue weighted by molar-refractivity contribution is -0.140. The van der Waals surface area contributed by atoms with Crippen molar-refractivity contribution in [3.8, 4) is 5.75 Å². The quantitative estimate of drug-likeness (QED) is 0.573. The van der Waals surface area contributed by atoms with E-state index in [-0.39, 0.29) is 30.1 Å². The molecule has 0 aliphatic heterocycles. The van der Waals surface area contributed by atoms with Gasteiger partial charge in [0.2, 0.25) is 5.95 Å². The molecule has 0 saturated heterocycles. The van der Waals surface area contributed by atoms with Crippen LogP contribution in [0.25, 0.3) is 11.2 Å². The van der Waals surface area contributed by atoms with E-state index in [9.17, 15) is 14.4 Å². The van der Waals surface area contributed by atoms with E-state index in [4.69, 9.17) is 4.74 Å². The Morgan fingerprint density at radius 3 is 2.62 bits per heavy atom. The maximum Gasteiger partial charge on any atom is 0.332 e. The molecule has 0 radical (unpaired) electrons. The lowest BCUT2D eigenvalue weighted by atomic mass is 10.2. The summed E-state index contributed by atoms with van der Waals surface area (Å²) in [5.41, 5.74) is 0.532. The number of hydrogen-bond acceptors (Lipinski definition) is 7. The Hall–Kier alpha value is -3.56. The van der Waals surface area contributed by atoms with Crippen molar-refractivity contribution in [3.63, 3.8) is 0 Å². The first-order chi connectivity index (χ1) is 13.9. The summed E-state index contributed by atoms with van der Waals surface area (Å²) in [6.45, 7) is 0.587. The SMILES string of the molecule is COC(=O)CCNc1nc2c(c(=O)n(C)c(=O)n2C)n1Cc1cccc(OC)c1. The number of aryl methyl sites for hydroxylation is 1. The molecular formula is C19H23N5O5. The van der Waals surface area contributed by atoms with E-state index < -0.39 is 11.2 Å². The fourth-order valence-corrected chi connectivity index (χ4v) is 3.07. The van der Waals surface area contributed by atoms with Crippen LogP contribution < -0.4 is 21.3 Å². The molecule has 10 heteroatoms. The second-order valence-electron chi connectivity index (χ2n) is 6.50. The molecule has 29 heavy (non-hydrogen) atoms. The normalized spacial score (nSPS) is 10.9. The number of methoxy groups -OCH3 is 2. The third-order valence-electron chi connectivity index (χ3n) is 4.66. The highest BCUT2D eigenvalue weighted by Crippen LogP contribution is 2.20. The zero-order valence-electron chi connectivity index (χ0n) is 16.8. The van der Waals surface area contributed by atoms with Crippen LogP contribution >= 0.6 is 0 Å². The number of nitrogens with one attached hydrogen (secondary N) is 1. The Morgan fingerprint density at radius 1 is 1.17 bits per heavy atom. The number of benzene rings is 1. The smallest absolute Gasteiger partial charge is 0.332 e. The fourth-order valence-electron chi connectivity index (χ4n) is 3.07. The number of rotatable bonds is 7. The number of hydrogen-bond donors (Lipinski definition) is 1. The molecule has 3 aromatic rings. The van der Waals surface area contributed by atoms with Gasteiger partial charge in [0.15, 0.2) is 11.2 Å². The van der Waals surface area contributed by atoms with Gasteiger partial charge in [-0.3, -0.25) is 23.3 Å². The Balaban J connectivity index is 2.12. The van der Waals surface area contributed by atoms with Gasteiger partial charge in [0.05, 0.1) is 27.2 Å². The predicted molar refractivity (Wildman–Crippen MR) is 107 cm³/mol. The Bertz CT molecular complexity index is 1170. The molecule has 0 atom stereocenters. The minimum absolute atomic E-state index is 0.135. The first-order valence-corrected chi connectivity index (χ1v) is 8.97. The van der Waals surface area contributed by atoms with E-state index in [1.807, 2.05) is 24.3 Å². The number of fused-ring (bicyclic) bond motifs is 1. The van der Waals surface area contributed by atoms with Gasteiger partial charge in [0, 0.05) is 20.6 Å². The third-order valence-corrected chi connectivity index (χ3v) is 4.66. The zero-order chi connectivity index (χ0) is 21.1. The van der Waals surface area contributed by atoms with E-state index in [1.165, 1.54) is 18.7 Å². The summed E-state index contributed by atoms with van der Waals surface area (Å²) in [6, 6.07) is 7.44. The van der Waals surface area contributed by atoms with E-state index in [2.05, 4.69) is 15.0 Å². The maximum atomic E-state index is 12.8. The lowest BCUT2D eigenvalue weighted by Crippen LogP contribution is -2.37. The van der Waals surface area contributed by atoms with E-state index in [0.29, 0.717) is 18.2 Å². The summed E-state index contributed by atoms with van der Waals surface area (Å²) in [4.78, 5) is 41.0. The molecule has 1 aromatic carbocycles. The van der Waals surface area contributed by atoms with Crippen molar-refractivity contribution >= 4 is 23.1 Å². The predicted octanol–water partition coefficient (Wildman–Crippen LogP) is 0.466. The van der Waals surface area contributed by atoms with Gasteiger partial charge in [0.25, 0.3) is 5.56 Å². The summed E-state index contributed by atoms with van der Waals surface area (Å²) < 4.78 is 14.0. The molecule has 2 heterocycles. The molecule has 1 N–H and O–H groups in total. The number of aromatic nitrogens is 4. The van der Waals surface area contributed by atoms with Crippen LogP contribution in [0.15, 0.2) is 33.9 Å². The Morgan fingerprint density at radius 2 is 1.93 bits per heavy atom. The van der Waals surface area contributed by atoms with Gasteiger partial charge in [-0.15, -0.1) is 0 Å². The van der Waals surface area contributed by atoms with Crippen molar-refractivity contribution < 1.29 is 14.3 Å². The van der Waals surface area contributed by atoms with Crippen molar-refractivity contribution in [2.45, 2.75) is 13.0 Å². The van der Waals surface area contributed by atoms with Crippen molar-refractivity contribution in [2.24, 2.45) is 14.1 Å². The van der Waals surface area contributed by atoms with Crippen LogP contribution in [0.2, 0.25) is 0 Å². The van der Waals surface area contributed by atoms with Gasteiger partial charge in [-0.05, 0) is 17.7 Å². The zero-order valence-corrected chi connectivity index (χ0v) is 16.8. The van der Waals surface area contributed by atoms with E-state index in [1.54, 1.807) is 18.7 Å². The summed E-state index contributed by atoms with van der Waals surface area (Å²) in [5, 5.41) is 3.07. The first kappa shape index (κ1) is 20.2. The minimum Gasteiger partial charge on any atom is -0.497 e. The minimum atomic E-state index is -0.463. The highest BCUT2D eigenvalue weighted by atomic mass is 16.5. The largest absolute Gasteiger partial charge is 0.497 e. The number of anilines is 1. The number of ether oxygens (including phenoxy) is 2. The van der Waals surface area contributed by atoms with Gasteiger partial charge in [0.1, 0.15) is 5.75 Å². The van der Waals surface area contributed by atoms with Crippen LogP contribution in [0.4, 0.5) is 5.95 Å². The summed E-state index contributed by atoms with van der Waals surface area (Å²) >= 11 is 0. The summed E-state index contributed by atoms with van der Waals surface area (Å²) in [6.07, 6.45) is 0.135. The molecule has 0 unspecified atom stereocenters. The number of carbonyl (C=O) groups excluding carboxylic acids is 1. The van der Waals surface area contributed by atoms with Gasteiger partial charge in [-0.2, -0.15) is 4.98 Å². The monoisotopic (exact) mass is 401 g/mol. The van der Waals surface area contributed by atoms with Crippen LogP contribution in [-0.2, 0) is 30.2 Å². The van der Waals surface area contributed by atoms with Gasteiger partial charge < -0.3 is 14.8 Å². The highest BCUT2D eigenvalue weighted by Gasteiger charge is 2.19. The number of carbonyl (C=O) groups is 1. The topological polar surface area (TPSA) is 109 Å². The standard InChI is InChI=1S/C19H23N5O5/c1-22-16-15(17(26)23(2)19(22)27)24(11-12-6-5-7-13(10-12)28-3)18(21-16)20-9-8-14(25)29-4/h5-7,10H,8-9,11H2,1-4H3,(H,20,21). The van der Waals surface area contributed by atoms with E-state index >= 15 is 0 Å². The summed E-state index contributed by atoms with van der Waals surface area (Å²) in [7, 11) is 5.89. The molecule has 0 spiro atoms. The molecule has 0 fully saturated rings. The highest BCUT2D eigenvalue weighted by molar-refractivity contribution is 5.75. The van der Waals surface area contributed by atoms with E-state index in [0.717, 1.165) is 10.1 Å². The fraction of sp³-hybridized carbons (Fsp3) is 0.368. The lowest BCUT2D eigenvalue weighted by Gasteiger charge is -2.11. The third kappa shape index (κ3) is 3.86. The average molecular weight is 401 g/mol. The van der Waals surface area contributed by atoms with Crippen molar-refractivity contribution in [1.82, 2.24) is 18.7 Å². The Kier molecular flexibility index (Phi) is 5.71. The molecule has 3 rings (SSSR count). The van der Waals surface area contributed by atoms with Gasteiger partial charge in [-0.1, -0.05) is 12.1 Å². The van der Waals surface area contributed by atoms with Crippen molar-refractivity contribution in [3.05, 3.63) is 50.7 Å².